The lowest BCUT2D eigenvalue weighted by Crippen LogP contribution is -1.94. The Morgan fingerprint density at radius 2 is 1.20 bits per heavy atom. The Morgan fingerprint density at radius 1 is 0.680 bits per heavy atom. The van der Waals surface area contributed by atoms with Crippen LogP contribution in [-0.2, 0) is 0 Å². The molecule has 0 fully saturated rings. The summed E-state index contributed by atoms with van der Waals surface area (Å²) in [5.74, 6) is 2.18. The van der Waals surface area contributed by atoms with Crippen LogP contribution in [0.15, 0.2) is 36.7 Å². The van der Waals surface area contributed by atoms with Crippen LogP contribution in [0.3, 0.4) is 0 Å². The Morgan fingerprint density at radius 3 is 1.80 bits per heavy atom. The third kappa shape index (κ3) is 2.31. The molecule has 0 spiro atoms. The molecule has 5 heteroatoms. The molecule has 0 aliphatic carbocycles. The lowest BCUT2D eigenvalue weighted by atomic mass is 10.0. The minimum Gasteiger partial charge on any atom is -0.496 e. The number of pyridine rings is 2. The number of aryl methyl sites for hydroxylation is 1. The van der Waals surface area contributed by atoms with Crippen molar-refractivity contribution in [2.75, 3.05) is 21.3 Å². The van der Waals surface area contributed by atoms with Crippen LogP contribution in [0.1, 0.15) is 5.56 Å². The standard InChI is InChI=1S/C20H18N2O3/c1-11-5-15-13(6-17(11)23-2)20-12(9-21-15)10-22-16-8-19(25-4)18(24-3)7-14(16)20/h5-10H,1-4H3. The number of aromatic nitrogens is 2. The van der Waals surface area contributed by atoms with E-state index in [0.29, 0.717) is 11.5 Å². The van der Waals surface area contributed by atoms with Crippen molar-refractivity contribution in [2.24, 2.45) is 0 Å². The molecule has 2 aromatic heterocycles. The van der Waals surface area contributed by atoms with Gasteiger partial charge in [0.15, 0.2) is 11.5 Å². The normalized spacial score (nSPS) is 11.2. The Balaban J connectivity index is 2.21. The minimum atomic E-state index is 0.661. The molecule has 0 N–H and O–H groups in total. The van der Waals surface area contributed by atoms with E-state index in [9.17, 15) is 0 Å². The molecule has 2 aromatic carbocycles. The first-order valence-corrected chi connectivity index (χ1v) is 7.94. The predicted molar refractivity (Wildman–Crippen MR) is 98.9 cm³/mol. The second-order valence-corrected chi connectivity index (χ2v) is 5.91. The lowest BCUT2D eigenvalue weighted by Gasteiger charge is -2.13. The summed E-state index contributed by atoms with van der Waals surface area (Å²) in [6.07, 6.45) is 3.69. The maximum absolute atomic E-state index is 5.51. The summed E-state index contributed by atoms with van der Waals surface area (Å²) in [5, 5.41) is 4.07. The highest BCUT2D eigenvalue weighted by atomic mass is 16.5. The Bertz CT molecular complexity index is 1120. The topological polar surface area (TPSA) is 53.5 Å². The number of rotatable bonds is 3. The van der Waals surface area contributed by atoms with Crippen LogP contribution in [-0.4, -0.2) is 31.3 Å². The van der Waals surface area contributed by atoms with Gasteiger partial charge in [0, 0.05) is 40.0 Å². The highest BCUT2D eigenvalue weighted by Crippen LogP contribution is 2.38. The highest BCUT2D eigenvalue weighted by molar-refractivity contribution is 6.18. The van der Waals surface area contributed by atoms with Crippen molar-refractivity contribution in [2.45, 2.75) is 6.92 Å². The molecule has 0 atom stereocenters. The summed E-state index contributed by atoms with van der Waals surface area (Å²) in [5.41, 5.74) is 2.82. The summed E-state index contributed by atoms with van der Waals surface area (Å²) in [7, 11) is 4.94. The average Bonchev–Trinajstić information content (AvgIpc) is 2.65. The second-order valence-electron chi connectivity index (χ2n) is 5.91. The SMILES string of the molecule is COc1cc2c(cc1C)ncc1cnc3cc(OC)c(OC)cc3c12. The molecule has 2 heterocycles. The molecule has 4 aromatic rings. The molecule has 0 aliphatic rings. The Kier molecular flexibility index (Phi) is 3.57. The van der Waals surface area contributed by atoms with E-state index in [2.05, 4.69) is 9.97 Å². The van der Waals surface area contributed by atoms with Crippen LogP contribution >= 0.6 is 0 Å². The molecule has 0 bridgehead atoms. The molecule has 5 nitrogen and oxygen atoms in total. The summed E-state index contributed by atoms with van der Waals surface area (Å²) in [4.78, 5) is 9.13. The second kappa shape index (κ2) is 5.77. The van der Waals surface area contributed by atoms with E-state index in [1.165, 1.54) is 0 Å². The molecule has 25 heavy (non-hydrogen) atoms. The molecule has 0 unspecified atom stereocenters. The van der Waals surface area contributed by atoms with Crippen molar-refractivity contribution in [1.82, 2.24) is 9.97 Å². The van der Waals surface area contributed by atoms with Crippen molar-refractivity contribution in [3.8, 4) is 17.2 Å². The number of ether oxygens (including phenoxy) is 3. The first kappa shape index (κ1) is 15.4. The van der Waals surface area contributed by atoms with Crippen molar-refractivity contribution >= 4 is 32.6 Å². The molecule has 0 aliphatic heterocycles. The smallest absolute Gasteiger partial charge is 0.162 e. The van der Waals surface area contributed by atoms with Gasteiger partial charge < -0.3 is 14.2 Å². The molecule has 0 saturated heterocycles. The zero-order valence-corrected chi connectivity index (χ0v) is 14.6. The zero-order valence-electron chi connectivity index (χ0n) is 14.6. The van der Waals surface area contributed by atoms with E-state index in [4.69, 9.17) is 14.2 Å². The van der Waals surface area contributed by atoms with E-state index in [-0.39, 0.29) is 0 Å². The number of benzene rings is 2. The van der Waals surface area contributed by atoms with E-state index in [1.807, 2.05) is 43.6 Å². The van der Waals surface area contributed by atoms with Gasteiger partial charge in [-0.05, 0) is 30.7 Å². The number of hydrogen-bond donors (Lipinski definition) is 0. The van der Waals surface area contributed by atoms with Crippen LogP contribution in [0.25, 0.3) is 32.6 Å². The Hall–Kier alpha value is -3.08. The van der Waals surface area contributed by atoms with Gasteiger partial charge in [-0.25, -0.2) is 0 Å². The van der Waals surface area contributed by atoms with Gasteiger partial charge in [0.2, 0.25) is 0 Å². The summed E-state index contributed by atoms with van der Waals surface area (Å²) in [6, 6.07) is 7.94. The number of fused-ring (bicyclic) bond motifs is 5. The van der Waals surface area contributed by atoms with Crippen molar-refractivity contribution < 1.29 is 14.2 Å². The van der Waals surface area contributed by atoms with Crippen LogP contribution in [0, 0.1) is 6.92 Å². The monoisotopic (exact) mass is 334 g/mol. The fourth-order valence-electron chi connectivity index (χ4n) is 3.27. The number of nitrogens with zero attached hydrogens (tertiary/aromatic N) is 2. The van der Waals surface area contributed by atoms with E-state index in [1.54, 1.807) is 21.3 Å². The van der Waals surface area contributed by atoms with Crippen molar-refractivity contribution in [3.05, 3.63) is 42.2 Å². The predicted octanol–water partition coefficient (Wildman–Crippen LogP) is 4.27. The molecule has 126 valence electrons. The largest absolute Gasteiger partial charge is 0.496 e. The fourth-order valence-corrected chi connectivity index (χ4v) is 3.27. The van der Waals surface area contributed by atoms with Crippen molar-refractivity contribution in [3.63, 3.8) is 0 Å². The fraction of sp³-hybridized carbons (Fsp3) is 0.200. The van der Waals surface area contributed by atoms with Gasteiger partial charge in [0.05, 0.1) is 32.4 Å². The van der Waals surface area contributed by atoms with Crippen LogP contribution in [0.2, 0.25) is 0 Å². The third-order valence-electron chi connectivity index (χ3n) is 4.53. The molecule has 0 radical (unpaired) electrons. The number of hydrogen-bond acceptors (Lipinski definition) is 5. The van der Waals surface area contributed by atoms with E-state index >= 15 is 0 Å². The number of methoxy groups -OCH3 is 3. The van der Waals surface area contributed by atoms with Gasteiger partial charge in [-0.1, -0.05) is 0 Å². The van der Waals surface area contributed by atoms with Crippen LogP contribution < -0.4 is 14.2 Å². The summed E-state index contributed by atoms with van der Waals surface area (Å²) >= 11 is 0. The van der Waals surface area contributed by atoms with Crippen LogP contribution in [0.5, 0.6) is 17.2 Å². The van der Waals surface area contributed by atoms with Gasteiger partial charge in [-0.15, -0.1) is 0 Å². The van der Waals surface area contributed by atoms with Gasteiger partial charge >= 0.3 is 0 Å². The Labute approximate surface area is 145 Å². The van der Waals surface area contributed by atoms with E-state index in [0.717, 1.165) is 43.9 Å². The van der Waals surface area contributed by atoms with E-state index < -0.39 is 0 Å². The van der Waals surface area contributed by atoms with Gasteiger partial charge in [-0.3, -0.25) is 9.97 Å². The van der Waals surface area contributed by atoms with Gasteiger partial charge in [0.1, 0.15) is 5.75 Å². The molecule has 4 rings (SSSR count). The lowest BCUT2D eigenvalue weighted by molar-refractivity contribution is 0.356. The maximum atomic E-state index is 5.51. The molecule has 0 amide bonds. The highest BCUT2D eigenvalue weighted by Gasteiger charge is 2.13. The van der Waals surface area contributed by atoms with Crippen molar-refractivity contribution in [1.29, 1.82) is 0 Å². The molecule has 0 saturated carbocycles. The zero-order chi connectivity index (χ0) is 17.6. The first-order chi connectivity index (χ1) is 12.2. The third-order valence-corrected chi connectivity index (χ3v) is 4.53. The average molecular weight is 334 g/mol. The van der Waals surface area contributed by atoms with Crippen LogP contribution in [0.4, 0.5) is 0 Å². The molecular formula is C20H18N2O3. The summed E-state index contributed by atoms with van der Waals surface area (Å²) in [6.45, 7) is 2.02. The first-order valence-electron chi connectivity index (χ1n) is 7.94. The quantitative estimate of drug-likeness (QED) is 0.524. The van der Waals surface area contributed by atoms with Gasteiger partial charge in [0.25, 0.3) is 0 Å². The van der Waals surface area contributed by atoms with Gasteiger partial charge in [-0.2, -0.15) is 0 Å². The maximum Gasteiger partial charge on any atom is 0.162 e. The molecular weight excluding hydrogens is 316 g/mol. The minimum absolute atomic E-state index is 0.661. The summed E-state index contributed by atoms with van der Waals surface area (Å²) < 4.78 is 16.4.